The average Bonchev–Trinajstić information content (AvgIpc) is 3.25. The highest BCUT2D eigenvalue weighted by Gasteiger charge is 2.57. The van der Waals surface area contributed by atoms with Gasteiger partial charge in [-0.15, -0.1) is 11.3 Å². The van der Waals surface area contributed by atoms with Crippen LogP contribution in [0.2, 0.25) is 0 Å². The molecule has 4 rings (SSSR count). The van der Waals surface area contributed by atoms with Crippen LogP contribution in [0.15, 0.2) is 11.0 Å². The van der Waals surface area contributed by atoms with Gasteiger partial charge in [-0.05, 0) is 57.1 Å². The molecule has 8 atom stereocenters. The van der Waals surface area contributed by atoms with Gasteiger partial charge in [0.05, 0.1) is 34.7 Å². The fourth-order valence-corrected chi connectivity index (χ4v) is 9.10. The summed E-state index contributed by atoms with van der Waals surface area (Å²) in [6.07, 6.45) is 2.34. The van der Waals surface area contributed by atoms with Crippen LogP contribution in [-0.4, -0.2) is 87.5 Å². The zero-order valence-corrected chi connectivity index (χ0v) is 27.3. The highest BCUT2D eigenvalue weighted by atomic mass is 32.2. The molecule has 3 fully saturated rings. The summed E-state index contributed by atoms with van der Waals surface area (Å²) in [4.78, 5) is 31.1. The molecule has 10 nitrogen and oxygen atoms in total. The number of aromatic nitrogens is 1. The number of carbonyl (C=O) groups is 2. The number of aliphatic hydroxyl groups is 2. The van der Waals surface area contributed by atoms with Crippen LogP contribution in [0.5, 0.6) is 0 Å². The van der Waals surface area contributed by atoms with Gasteiger partial charge < -0.3 is 14.9 Å². The number of Topliss-reactive ketones (excluding diaryl/α,β-unsaturated/α-hetero) is 1. The number of fused-ring (bicyclic) bond motifs is 1. The Morgan fingerprint density at radius 3 is 2.40 bits per heavy atom. The van der Waals surface area contributed by atoms with Crippen molar-refractivity contribution in [2.45, 2.75) is 117 Å². The van der Waals surface area contributed by atoms with Gasteiger partial charge in [0.25, 0.3) is 10.2 Å². The minimum absolute atomic E-state index is 0.199. The molecule has 1 aromatic heterocycles. The predicted molar refractivity (Wildman–Crippen MR) is 162 cm³/mol. The second-order valence-electron chi connectivity index (χ2n) is 13.0. The Bertz CT molecular complexity index is 1270. The maximum absolute atomic E-state index is 13.6. The third kappa shape index (κ3) is 7.15. The lowest BCUT2D eigenvalue weighted by Gasteiger charge is -2.34. The highest BCUT2D eigenvalue weighted by molar-refractivity contribution is 7.87. The number of aliphatic hydroxyl groups excluding tert-OH is 2. The minimum atomic E-state index is -3.67. The van der Waals surface area contributed by atoms with E-state index < -0.39 is 52.2 Å². The molecule has 0 aromatic carbocycles. The standard InChI is InChI=1S/C30H47N3O7S2/c1-18-10-9-11-23-24(33(23)42(38,39)32-12-7-8-13-32)15-25(19(2)14-22-17-41-21(4)31-22)40-27(35)16-26(34)30(5,6)29(37)20(3)28(18)36/h14,17-18,20,23-26,28,34,36H,7-13,15-16H2,1-6H3/b19-14+. The van der Waals surface area contributed by atoms with Crippen molar-refractivity contribution in [1.29, 1.82) is 0 Å². The van der Waals surface area contributed by atoms with E-state index in [9.17, 15) is 28.2 Å². The van der Waals surface area contributed by atoms with E-state index >= 15 is 0 Å². The molecule has 12 heteroatoms. The summed E-state index contributed by atoms with van der Waals surface area (Å²) >= 11 is 1.51. The van der Waals surface area contributed by atoms with Crippen molar-refractivity contribution in [3.63, 3.8) is 0 Å². The van der Waals surface area contributed by atoms with Crippen LogP contribution in [0.4, 0.5) is 0 Å². The van der Waals surface area contributed by atoms with Crippen LogP contribution in [0.3, 0.4) is 0 Å². The quantitative estimate of drug-likeness (QED) is 0.382. The Morgan fingerprint density at radius 1 is 1.12 bits per heavy atom. The Hall–Kier alpha value is -1.70. The summed E-state index contributed by atoms with van der Waals surface area (Å²) in [5, 5.41) is 24.8. The molecular weight excluding hydrogens is 578 g/mol. The van der Waals surface area contributed by atoms with Crippen molar-refractivity contribution in [2.75, 3.05) is 13.1 Å². The Labute approximate surface area is 254 Å². The molecule has 1 aromatic rings. The molecule has 3 aliphatic rings. The number of ketones is 1. The number of hydrogen-bond acceptors (Lipinski definition) is 9. The first-order valence-electron chi connectivity index (χ1n) is 15.1. The molecular formula is C30H47N3O7S2. The second kappa shape index (κ2) is 13.1. The van der Waals surface area contributed by atoms with Crippen molar-refractivity contribution >= 4 is 39.4 Å². The van der Waals surface area contributed by atoms with Crippen LogP contribution in [0, 0.1) is 24.2 Å². The molecule has 42 heavy (non-hydrogen) atoms. The molecule has 3 saturated heterocycles. The molecule has 0 bridgehead atoms. The monoisotopic (exact) mass is 625 g/mol. The van der Waals surface area contributed by atoms with E-state index in [0.29, 0.717) is 32.4 Å². The van der Waals surface area contributed by atoms with Gasteiger partial charge in [0.2, 0.25) is 0 Å². The fourth-order valence-electron chi connectivity index (χ4n) is 6.44. The van der Waals surface area contributed by atoms with Crippen LogP contribution in [-0.2, 0) is 24.5 Å². The van der Waals surface area contributed by atoms with Gasteiger partial charge in [-0.25, -0.2) is 4.98 Å². The SMILES string of the molecule is C/C(=C\c1csc(C)n1)C1CC2C(CCCC(C)C(O)C(C)C(=O)C(C)(C)C(O)CC(=O)O1)N2S(=O)(=O)N1CCCC1. The van der Waals surface area contributed by atoms with Crippen LogP contribution in [0.25, 0.3) is 6.08 Å². The topological polar surface area (TPSA) is 137 Å². The number of rotatable bonds is 4. The number of thiazole rings is 1. The Kier molecular flexibility index (Phi) is 10.4. The second-order valence-corrected chi connectivity index (χ2v) is 15.9. The van der Waals surface area contributed by atoms with E-state index in [1.54, 1.807) is 29.4 Å². The predicted octanol–water partition coefficient (Wildman–Crippen LogP) is 3.71. The van der Waals surface area contributed by atoms with Gasteiger partial charge in [-0.2, -0.15) is 17.0 Å². The van der Waals surface area contributed by atoms with Gasteiger partial charge in [-0.1, -0.05) is 34.1 Å². The van der Waals surface area contributed by atoms with Crippen LogP contribution >= 0.6 is 11.3 Å². The number of cyclic esters (lactones) is 1. The maximum Gasteiger partial charge on any atom is 0.309 e. The largest absolute Gasteiger partial charge is 0.458 e. The summed E-state index contributed by atoms with van der Waals surface area (Å²) in [6.45, 7) is 11.5. The third-order valence-corrected chi connectivity index (χ3v) is 12.3. The lowest BCUT2D eigenvalue weighted by Crippen LogP contribution is -2.45. The average molecular weight is 626 g/mol. The summed E-state index contributed by atoms with van der Waals surface area (Å²) < 4.78 is 36.4. The van der Waals surface area contributed by atoms with Gasteiger partial charge in [0.15, 0.2) is 0 Å². The van der Waals surface area contributed by atoms with Gasteiger partial charge in [0.1, 0.15) is 11.9 Å². The van der Waals surface area contributed by atoms with E-state index in [-0.39, 0.29) is 30.2 Å². The number of aryl methyl sites for hydroxylation is 1. The molecule has 4 heterocycles. The van der Waals surface area contributed by atoms with Gasteiger partial charge in [0, 0.05) is 42.9 Å². The van der Waals surface area contributed by atoms with Crippen molar-refractivity contribution in [3.8, 4) is 0 Å². The smallest absolute Gasteiger partial charge is 0.309 e. The van der Waals surface area contributed by atoms with Crippen molar-refractivity contribution in [2.24, 2.45) is 17.3 Å². The fraction of sp³-hybridized carbons (Fsp3) is 0.767. The van der Waals surface area contributed by atoms with Gasteiger partial charge >= 0.3 is 5.97 Å². The first-order chi connectivity index (χ1) is 19.6. The van der Waals surface area contributed by atoms with E-state index in [1.165, 1.54) is 11.3 Å². The van der Waals surface area contributed by atoms with Crippen molar-refractivity contribution < 1.29 is 33.0 Å². The number of hydrogen-bond donors (Lipinski definition) is 2. The van der Waals surface area contributed by atoms with E-state index in [1.807, 2.05) is 32.2 Å². The molecule has 0 radical (unpaired) electrons. The van der Waals surface area contributed by atoms with Crippen LogP contribution in [0.1, 0.15) is 90.3 Å². The molecule has 0 spiro atoms. The molecule has 2 N–H and O–H groups in total. The lowest BCUT2D eigenvalue weighted by molar-refractivity contribution is -0.154. The lowest BCUT2D eigenvalue weighted by atomic mass is 9.73. The third-order valence-electron chi connectivity index (χ3n) is 9.41. The number of ether oxygens (including phenoxy) is 1. The molecule has 0 saturated carbocycles. The Morgan fingerprint density at radius 2 is 1.79 bits per heavy atom. The van der Waals surface area contributed by atoms with Gasteiger partial charge in [-0.3, -0.25) is 9.59 Å². The van der Waals surface area contributed by atoms with Crippen molar-refractivity contribution in [1.82, 2.24) is 13.6 Å². The summed E-state index contributed by atoms with van der Waals surface area (Å²) in [5.41, 5.74) is 0.186. The van der Waals surface area contributed by atoms with Crippen LogP contribution < -0.4 is 0 Å². The molecule has 8 unspecified atom stereocenters. The number of esters is 1. The van der Waals surface area contributed by atoms with E-state index in [0.717, 1.165) is 29.1 Å². The summed E-state index contributed by atoms with van der Waals surface area (Å²) in [6, 6.07) is -0.587. The highest BCUT2D eigenvalue weighted by Crippen LogP contribution is 2.43. The normalized spacial score (nSPS) is 36.0. The zero-order valence-electron chi connectivity index (χ0n) is 25.7. The number of nitrogens with zero attached hydrogens (tertiary/aromatic N) is 3. The summed E-state index contributed by atoms with van der Waals surface area (Å²) in [5.74, 6) is -1.93. The molecule has 0 aliphatic carbocycles. The number of carbonyl (C=O) groups excluding carboxylic acids is 2. The zero-order chi connectivity index (χ0) is 31.0. The summed E-state index contributed by atoms with van der Waals surface area (Å²) in [7, 11) is -3.67. The molecule has 3 aliphatic heterocycles. The van der Waals surface area contributed by atoms with Crippen molar-refractivity contribution in [3.05, 3.63) is 21.7 Å². The Balaban J connectivity index is 1.66. The van der Waals surface area contributed by atoms with E-state index in [2.05, 4.69) is 4.98 Å². The molecule has 236 valence electrons. The first kappa shape index (κ1) is 33.2. The first-order valence-corrected chi connectivity index (χ1v) is 17.4. The molecule has 0 amide bonds. The maximum atomic E-state index is 13.6. The minimum Gasteiger partial charge on any atom is -0.458 e. The van der Waals surface area contributed by atoms with E-state index in [4.69, 9.17) is 4.74 Å².